The van der Waals surface area contributed by atoms with E-state index < -0.39 is 34.5 Å². The summed E-state index contributed by atoms with van der Waals surface area (Å²) in [6, 6.07) is 29.4. The Bertz CT molecular complexity index is 3920. The van der Waals surface area contributed by atoms with E-state index in [9.17, 15) is 24.3 Å². The molecule has 4 aliphatic heterocycles. The number of pyridine rings is 2. The van der Waals surface area contributed by atoms with Crippen molar-refractivity contribution in [1.29, 1.82) is 0 Å². The van der Waals surface area contributed by atoms with E-state index in [1.807, 2.05) is 117 Å². The van der Waals surface area contributed by atoms with Crippen LogP contribution < -0.4 is 38.5 Å². The molecule has 10 rings (SSSR count). The lowest BCUT2D eigenvalue weighted by molar-refractivity contribution is 0.0552. The van der Waals surface area contributed by atoms with Gasteiger partial charge in [0, 0.05) is 64.2 Å². The molecule has 0 spiro atoms. The minimum Gasteiger partial charge on any atom is -0.508 e. The van der Waals surface area contributed by atoms with Crippen molar-refractivity contribution in [3.05, 3.63) is 170 Å². The van der Waals surface area contributed by atoms with Gasteiger partial charge in [-0.15, -0.1) is 24.2 Å². The topological polar surface area (TPSA) is 308 Å². The molecule has 27 heteroatoms. The number of aromatic hydroxyl groups is 1. The van der Waals surface area contributed by atoms with Crippen molar-refractivity contribution < 1.29 is 33.8 Å². The van der Waals surface area contributed by atoms with Crippen molar-refractivity contribution in [3.8, 4) is 5.75 Å². The van der Waals surface area contributed by atoms with E-state index in [0.717, 1.165) is 82.2 Å². The first-order valence-electron chi connectivity index (χ1n) is 31.1. The van der Waals surface area contributed by atoms with Crippen molar-refractivity contribution >= 4 is 150 Å². The summed E-state index contributed by atoms with van der Waals surface area (Å²) in [5, 5.41) is 24.8. The number of alkyl carbamates (subject to hydrolysis) is 2. The molecule has 4 unspecified atom stereocenters. The highest BCUT2D eigenvalue weighted by Crippen LogP contribution is 2.41. The molecule has 0 saturated heterocycles. The van der Waals surface area contributed by atoms with Crippen LogP contribution in [0.3, 0.4) is 0 Å². The van der Waals surface area contributed by atoms with E-state index in [2.05, 4.69) is 87.1 Å². The van der Waals surface area contributed by atoms with Crippen LogP contribution in [0.25, 0.3) is 0 Å². The van der Waals surface area contributed by atoms with Gasteiger partial charge in [0.2, 0.25) is 0 Å². The standard InChI is InChI=1S/C23H27ClN4O3S.C18H19ClN4OS.C16H23N3O3S.C13H18N2S.ClH/c1-14-10-15(12-17(11-14)26-19(29)18-7-6-16(24)13-25-18)23(5)8-9-32-20(28-23)27-21(30)31-22(2,3)4;1-11-7-12(18(2)5-6-25-17(20)23-18)9-14(8-11)22-16(24)15-4-3-13(19)10-21-15;1-15(2,3)22-14(21)18-13-19-16(4,5-6-23-13)10-7-11(17)9-12(20)8-10;1-9-6-11(8-12(14)7-9)13(3)4-5-16-10(2)15-13;/h6-7,10-13H,8-9H2,1-5H3,(H,26,29)(H,27,28,30);3-4,7-10H,5-6H2,1-2H3,(H2,20,23)(H,22,24);7-9,20H,5-6,17H2,1-4H3,(H,18,19,21);6-8H,4-5,14H2,1-3H3;1H. The summed E-state index contributed by atoms with van der Waals surface area (Å²) in [4.78, 5) is 76.0. The lowest BCUT2D eigenvalue weighted by atomic mass is 9.88. The van der Waals surface area contributed by atoms with Gasteiger partial charge in [0.1, 0.15) is 28.3 Å². The molecule has 4 aromatic carbocycles. The average molecular weight is 1460 g/mol. The molecule has 0 radical (unpaired) electrons. The molecule has 4 amide bonds. The van der Waals surface area contributed by atoms with Gasteiger partial charge in [0.25, 0.3) is 11.8 Å². The molecular weight excluding hydrogens is 1370 g/mol. The number of hydrogen-bond donors (Lipinski definition) is 8. The Kier molecular flexibility index (Phi) is 27.3. The quantitative estimate of drug-likeness (QED) is 0.0657. The highest BCUT2D eigenvalue weighted by Gasteiger charge is 2.35. The molecule has 6 aromatic rings. The van der Waals surface area contributed by atoms with Crippen molar-refractivity contribution in [1.82, 2.24) is 20.6 Å². The highest BCUT2D eigenvalue weighted by atomic mass is 35.5. The maximum Gasteiger partial charge on any atom is 0.413 e. The Morgan fingerprint density at radius 2 is 0.856 bits per heavy atom. The molecule has 0 aliphatic carbocycles. The molecule has 0 bridgehead atoms. The zero-order valence-electron chi connectivity index (χ0n) is 57.2. The number of amidine groups is 3. The Hall–Kier alpha value is -7.19. The minimum absolute atomic E-state index is 0. The largest absolute Gasteiger partial charge is 0.508 e. The number of ether oxygens (including phenoxy) is 2. The normalized spacial score (nSPS) is 20.5. The molecule has 2 aromatic heterocycles. The van der Waals surface area contributed by atoms with E-state index in [1.54, 1.807) is 48.2 Å². The number of thioether (sulfide) groups is 4. The number of nitrogen functional groups attached to an aromatic ring is 2. The third kappa shape index (κ3) is 24.1. The van der Waals surface area contributed by atoms with Crippen molar-refractivity contribution in [3.63, 3.8) is 0 Å². The van der Waals surface area contributed by atoms with E-state index in [-0.39, 0.29) is 46.7 Å². The van der Waals surface area contributed by atoms with Crippen LogP contribution >= 0.6 is 82.7 Å². The number of aliphatic imine (C=N–C) groups is 4. The van der Waals surface area contributed by atoms with Gasteiger partial charge in [-0.3, -0.25) is 40.2 Å². The summed E-state index contributed by atoms with van der Waals surface area (Å²) in [5.41, 5.74) is 25.5. The molecular formula is C70H88Cl3N13O7S4. The SMILES string of the molecule is CC(C)(C)OC(=O)NC1=NC(C)(c2cc(N)cc(O)c2)CCS1.CC1=NC(C)(c2cc(C)cc(N)c2)CCS1.Cc1cc(NC(=O)c2ccc(Cl)cn2)cc(C2(C)CCSC(N)=N2)c1.Cc1cc(NC(=O)c2ccc(Cl)cn2)cc(C2(C)CCSC(NC(=O)OC(C)(C)C)=N2)c1.Cl. The fourth-order valence-electron chi connectivity index (χ4n) is 10.4. The number of phenolic OH excluding ortho intramolecular Hbond substituents is 1. The monoisotopic (exact) mass is 1460 g/mol. The van der Waals surface area contributed by atoms with Crippen LogP contribution in [0, 0.1) is 20.8 Å². The zero-order chi connectivity index (χ0) is 70.6. The number of nitrogens with one attached hydrogen (secondary N) is 4. The van der Waals surface area contributed by atoms with Gasteiger partial charge in [-0.25, -0.2) is 19.6 Å². The molecule has 4 aliphatic rings. The smallest absolute Gasteiger partial charge is 0.413 e. The highest BCUT2D eigenvalue weighted by molar-refractivity contribution is 8.14. The number of anilines is 4. The van der Waals surface area contributed by atoms with Gasteiger partial charge in [0.05, 0.1) is 37.2 Å². The molecule has 520 valence electrons. The number of phenols is 1. The predicted molar refractivity (Wildman–Crippen MR) is 408 cm³/mol. The first-order valence-corrected chi connectivity index (χ1v) is 35.8. The van der Waals surface area contributed by atoms with E-state index >= 15 is 0 Å². The number of carbonyl (C=O) groups is 4. The van der Waals surface area contributed by atoms with E-state index in [4.69, 9.17) is 59.9 Å². The zero-order valence-corrected chi connectivity index (χ0v) is 62.8. The first kappa shape index (κ1) is 78.8. The lowest BCUT2D eigenvalue weighted by Gasteiger charge is -2.31. The van der Waals surface area contributed by atoms with Gasteiger partial charge in [0.15, 0.2) is 15.5 Å². The van der Waals surface area contributed by atoms with Crippen LogP contribution in [0.4, 0.5) is 32.3 Å². The number of amides is 4. The maximum atomic E-state index is 12.6. The van der Waals surface area contributed by atoms with Gasteiger partial charge in [-0.2, -0.15) is 0 Å². The Labute approximate surface area is 602 Å². The molecule has 4 atom stereocenters. The second-order valence-electron chi connectivity index (χ2n) is 26.4. The number of aromatic nitrogens is 2. The summed E-state index contributed by atoms with van der Waals surface area (Å²) >= 11 is 18.0. The van der Waals surface area contributed by atoms with Crippen molar-refractivity contribution in [2.24, 2.45) is 25.7 Å². The van der Waals surface area contributed by atoms with Gasteiger partial charge in [-0.05, 0) is 234 Å². The molecule has 11 N–H and O–H groups in total. The Balaban J connectivity index is 0.000000209. The van der Waals surface area contributed by atoms with Crippen molar-refractivity contribution in [2.75, 3.05) is 45.1 Å². The second-order valence-corrected chi connectivity index (χ2v) is 31.9. The summed E-state index contributed by atoms with van der Waals surface area (Å²) in [5.74, 6) is 3.15. The molecule has 0 saturated carbocycles. The lowest BCUT2D eigenvalue weighted by Crippen LogP contribution is -2.38. The number of nitrogens with zero attached hydrogens (tertiary/aromatic N) is 6. The summed E-state index contributed by atoms with van der Waals surface area (Å²) < 4.78 is 10.6. The van der Waals surface area contributed by atoms with Gasteiger partial charge < -0.3 is 42.4 Å². The summed E-state index contributed by atoms with van der Waals surface area (Å²) in [7, 11) is 0. The average Bonchev–Trinajstić information content (AvgIpc) is 0.814. The number of rotatable bonds is 8. The van der Waals surface area contributed by atoms with Crippen LogP contribution in [0.1, 0.15) is 162 Å². The van der Waals surface area contributed by atoms with Gasteiger partial charge in [-0.1, -0.05) is 76.7 Å². The van der Waals surface area contributed by atoms with Crippen LogP contribution in [-0.2, 0) is 31.6 Å². The minimum atomic E-state index is -0.587. The third-order valence-corrected chi connectivity index (χ3v) is 19.1. The Morgan fingerprint density at radius 1 is 0.485 bits per heavy atom. The fraction of sp³-hybridized carbons (Fsp3) is 0.400. The third-order valence-electron chi connectivity index (χ3n) is 15.2. The van der Waals surface area contributed by atoms with E-state index in [0.29, 0.717) is 48.3 Å². The predicted octanol–water partition coefficient (Wildman–Crippen LogP) is 16.5. The number of carbonyl (C=O) groups excluding carboxylic acids is 4. The summed E-state index contributed by atoms with van der Waals surface area (Å²) in [6.45, 7) is 27.2. The van der Waals surface area contributed by atoms with Crippen LogP contribution in [0.15, 0.2) is 129 Å². The molecule has 97 heavy (non-hydrogen) atoms. The second kappa shape index (κ2) is 33.6. The van der Waals surface area contributed by atoms with Crippen LogP contribution in [0.2, 0.25) is 10.0 Å². The number of benzene rings is 4. The number of nitrogens with two attached hydrogens (primary N) is 3. The molecule has 0 fully saturated rings. The van der Waals surface area contributed by atoms with Crippen molar-refractivity contribution in [2.45, 2.75) is 156 Å². The Morgan fingerprint density at radius 3 is 1.24 bits per heavy atom. The van der Waals surface area contributed by atoms with E-state index in [1.165, 1.54) is 58.2 Å². The number of aryl methyl sites for hydroxylation is 3. The summed E-state index contributed by atoms with van der Waals surface area (Å²) in [6.07, 6.45) is 5.38. The van der Waals surface area contributed by atoms with Crippen LogP contribution in [-0.4, -0.2) is 93.8 Å². The first-order chi connectivity index (χ1) is 44.9. The maximum absolute atomic E-state index is 12.6. The fourth-order valence-corrected chi connectivity index (χ4v) is 14.9. The van der Waals surface area contributed by atoms with Crippen LogP contribution in [0.5, 0.6) is 5.75 Å². The van der Waals surface area contributed by atoms with Gasteiger partial charge >= 0.3 is 12.2 Å². The molecule has 20 nitrogen and oxygen atoms in total. The number of hydrogen-bond acceptors (Lipinski definition) is 20. The number of halogens is 3. The molecule has 6 heterocycles.